The SMILES string of the molecule is O=C(Nc1ccc2c(c1)CN(S(=O)(=O)N1CCCC1)CC2)C1CCCO1. The molecule has 0 aliphatic carbocycles. The van der Waals surface area contributed by atoms with Gasteiger partial charge in [0, 0.05) is 38.5 Å². The molecule has 3 aliphatic heterocycles. The number of amides is 1. The van der Waals surface area contributed by atoms with Crippen LogP contribution in [0.2, 0.25) is 0 Å². The molecule has 1 unspecified atom stereocenters. The van der Waals surface area contributed by atoms with Gasteiger partial charge in [-0.05, 0) is 55.4 Å². The van der Waals surface area contributed by atoms with Gasteiger partial charge < -0.3 is 10.1 Å². The average molecular weight is 379 g/mol. The molecule has 7 nitrogen and oxygen atoms in total. The molecule has 1 atom stereocenters. The van der Waals surface area contributed by atoms with Crippen molar-refractivity contribution in [3.63, 3.8) is 0 Å². The minimum Gasteiger partial charge on any atom is -0.368 e. The number of fused-ring (bicyclic) bond motifs is 1. The fourth-order valence-electron chi connectivity index (χ4n) is 3.90. The lowest BCUT2D eigenvalue weighted by Crippen LogP contribution is -2.44. The summed E-state index contributed by atoms with van der Waals surface area (Å²) in [6.07, 6.45) is 3.84. The number of ether oxygens (including phenoxy) is 1. The average Bonchev–Trinajstić information content (AvgIpc) is 3.34. The Bertz CT molecular complexity index is 784. The van der Waals surface area contributed by atoms with E-state index in [4.69, 9.17) is 4.74 Å². The maximum Gasteiger partial charge on any atom is 0.282 e. The van der Waals surface area contributed by atoms with E-state index in [9.17, 15) is 13.2 Å². The summed E-state index contributed by atoms with van der Waals surface area (Å²) in [6.45, 7) is 2.73. The van der Waals surface area contributed by atoms with Gasteiger partial charge in [0.1, 0.15) is 6.10 Å². The molecular weight excluding hydrogens is 354 g/mol. The number of nitrogens with one attached hydrogen (secondary N) is 1. The lowest BCUT2D eigenvalue weighted by Gasteiger charge is -2.31. The van der Waals surface area contributed by atoms with Gasteiger partial charge in [0.05, 0.1) is 0 Å². The highest BCUT2D eigenvalue weighted by molar-refractivity contribution is 7.86. The van der Waals surface area contributed by atoms with E-state index in [2.05, 4.69) is 5.32 Å². The number of carbonyl (C=O) groups excluding carboxylic acids is 1. The van der Waals surface area contributed by atoms with Crippen LogP contribution in [-0.4, -0.2) is 55.3 Å². The molecule has 0 bridgehead atoms. The van der Waals surface area contributed by atoms with E-state index in [1.54, 1.807) is 8.61 Å². The Hall–Kier alpha value is -1.48. The Kier molecular flexibility index (Phi) is 5.00. The number of rotatable bonds is 4. The molecule has 1 aromatic carbocycles. The normalized spacial score (nSPS) is 24.5. The summed E-state index contributed by atoms with van der Waals surface area (Å²) < 4.78 is 34.2. The van der Waals surface area contributed by atoms with Gasteiger partial charge in [-0.2, -0.15) is 17.0 Å². The van der Waals surface area contributed by atoms with E-state index in [-0.39, 0.29) is 12.0 Å². The summed E-state index contributed by atoms with van der Waals surface area (Å²) >= 11 is 0. The molecular formula is C18H25N3O4S. The molecule has 0 spiro atoms. The Balaban J connectivity index is 1.48. The van der Waals surface area contributed by atoms with Crippen molar-refractivity contribution < 1.29 is 17.9 Å². The van der Waals surface area contributed by atoms with Crippen molar-refractivity contribution in [2.24, 2.45) is 0 Å². The first kappa shape index (κ1) is 17.9. The van der Waals surface area contributed by atoms with Gasteiger partial charge in [0.25, 0.3) is 16.1 Å². The minimum atomic E-state index is -3.39. The molecule has 0 saturated carbocycles. The van der Waals surface area contributed by atoms with Crippen molar-refractivity contribution >= 4 is 21.8 Å². The smallest absolute Gasteiger partial charge is 0.282 e. The zero-order valence-electron chi connectivity index (χ0n) is 14.8. The van der Waals surface area contributed by atoms with Crippen LogP contribution in [0.3, 0.4) is 0 Å². The second-order valence-corrected chi connectivity index (χ2v) is 9.10. The summed E-state index contributed by atoms with van der Waals surface area (Å²) in [7, 11) is -3.39. The van der Waals surface area contributed by atoms with Gasteiger partial charge in [-0.1, -0.05) is 6.07 Å². The molecule has 0 aromatic heterocycles. The van der Waals surface area contributed by atoms with Crippen molar-refractivity contribution in [2.45, 2.75) is 44.8 Å². The monoisotopic (exact) mass is 379 g/mol. The fraction of sp³-hybridized carbons (Fsp3) is 0.611. The van der Waals surface area contributed by atoms with Crippen LogP contribution in [-0.2, 0) is 32.7 Å². The van der Waals surface area contributed by atoms with E-state index in [1.807, 2.05) is 18.2 Å². The largest absolute Gasteiger partial charge is 0.368 e. The van der Waals surface area contributed by atoms with Crippen molar-refractivity contribution in [3.05, 3.63) is 29.3 Å². The highest BCUT2D eigenvalue weighted by Crippen LogP contribution is 2.27. The molecule has 1 amide bonds. The highest BCUT2D eigenvalue weighted by atomic mass is 32.2. The lowest BCUT2D eigenvalue weighted by molar-refractivity contribution is -0.124. The highest BCUT2D eigenvalue weighted by Gasteiger charge is 2.33. The lowest BCUT2D eigenvalue weighted by atomic mass is 10.0. The zero-order chi connectivity index (χ0) is 18.1. The molecule has 8 heteroatoms. The molecule has 2 fully saturated rings. The summed E-state index contributed by atoms with van der Waals surface area (Å²) in [4.78, 5) is 12.2. The first-order chi connectivity index (χ1) is 12.5. The second-order valence-electron chi connectivity index (χ2n) is 7.17. The van der Waals surface area contributed by atoms with Crippen LogP contribution >= 0.6 is 0 Å². The van der Waals surface area contributed by atoms with E-state index in [0.29, 0.717) is 44.9 Å². The summed E-state index contributed by atoms with van der Waals surface area (Å²) in [5.74, 6) is -0.125. The van der Waals surface area contributed by atoms with Gasteiger partial charge in [-0.3, -0.25) is 4.79 Å². The van der Waals surface area contributed by atoms with Crippen molar-refractivity contribution in [3.8, 4) is 0 Å². The maximum absolute atomic E-state index is 12.8. The van der Waals surface area contributed by atoms with Gasteiger partial charge in [0.2, 0.25) is 0 Å². The number of nitrogens with zero attached hydrogens (tertiary/aromatic N) is 2. The minimum absolute atomic E-state index is 0.125. The van der Waals surface area contributed by atoms with Gasteiger partial charge in [-0.25, -0.2) is 0 Å². The van der Waals surface area contributed by atoms with Crippen molar-refractivity contribution in [1.82, 2.24) is 8.61 Å². The second kappa shape index (κ2) is 7.26. The number of hydrogen-bond acceptors (Lipinski definition) is 4. The van der Waals surface area contributed by atoms with Crippen LogP contribution in [0.1, 0.15) is 36.8 Å². The standard InChI is InChI=1S/C18H25N3O4S/c22-18(17-4-3-11-25-17)19-16-6-5-14-7-10-21(13-15(14)12-16)26(23,24)20-8-1-2-9-20/h5-6,12,17H,1-4,7-11,13H2,(H,19,22). The van der Waals surface area contributed by atoms with E-state index >= 15 is 0 Å². The Morgan fingerprint density at radius 1 is 1.08 bits per heavy atom. The Labute approximate surface area is 154 Å². The van der Waals surface area contributed by atoms with Crippen LogP contribution in [0.25, 0.3) is 0 Å². The molecule has 142 valence electrons. The topological polar surface area (TPSA) is 79.0 Å². The number of benzene rings is 1. The van der Waals surface area contributed by atoms with Crippen LogP contribution in [0.15, 0.2) is 18.2 Å². The first-order valence-corrected chi connectivity index (χ1v) is 10.7. The molecule has 26 heavy (non-hydrogen) atoms. The third kappa shape index (κ3) is 3.51. The van der Waals surface area contributed by atoms with Gasteiger partial charge in [-0.15, -0.1) is 0 Å². The molecule has 4 rings (SSSR count). The molecule has 3 aliphatic rings. The van der Waals surface area contributed by atoms with Crippen LogP contribution in [0.4, 0.5) is 5.69 Å². The third-order valence-electron chi connectivity index (χ3n) is 5.39. The molecule has 3 heterocycles. The number of carbonyl (C=O) groups is 1. The van der Waals surface area contributed by atoms with Crippen LogP contribution in [0.5, 0.6) is 0 Å². The number of anilines is 1. The first-order valence-electron chi connectivity index (χ1n) is 9.33. The Morgan fingerprint density at radius 2 is 1.88 bits per heavy atom. The van der Waals surface area contributed by atoms with E-state index < -0.39 is 10.2 Å². The predicted molar refractivity (Wildman–Crippen MR) is 97.9 cm³/mol. The van der Waals surface area contributed by atoms with Gasteiger partial charge >= 0.3 is 0 Å². The number of hydrogen-bond donors (Lipinski definition) is 1. The fourth-order valence-corrected chi connectivity index (χ4v) is 5.57. The predicted octanol–water partition coefficient (Wildman–Crippen LogP) is 1.50. The summed E-state index contributed by atoms with van der Waals surface area (Å²) in [5.41, 5.74) is 2.81. The van der Waals surface area contributed by atoms with Crippen LogP contribution < -0.4 is 5.32 Å². The summed E-state index contributed by atoms with van der Waals surface area (Å²) in [6, 6.07) is 5.77. The van der Waals surface area contributed by atoms with Crippen molar-refractivity contribution in [1.29, 1.82) is 0 Å². The molecule has 1 N–H and O–H groups in total. The van der Waals surface area contributed by atoms with Crippen molar-refractivity contribution in [2.75, 3.05) is 31.6 Å². The molecule has 2 saturated heterocycles. The van der Waals surface area contributed by atoms with E-state index in [1.165, 1.54) is 0 Å². The molecule has 1 aromatic rings. The van der Waals surface area contributed by atoms with Crippen LogP contribution in [0, 0.1) is 0 Å². The quantitative estimate of drug-likeness (QED) is 0.860. The van der Waals surface area contributed by atoms with E-state index in [0.717, 1.165) is 36.8 Å². The summed E-state index contributed by atoms with van der Waals surface area (Å²) in [5, 5.41) is 2.90. The Morgan fingerprint density at radius 3 is 2.62 bits per heavy atom. The third-order valence-corrected chi connectivity index (χ3v) is 7.37. The van der Waals surface area contributed by atoms with Gasteiger partial charge in [0.15, 0.2) is 0 Å². The maximum atomic E-state index is 12.8. The zero-order valence-corrected chi connectivity index (χ0v) is 15.6. The molecule has 0 radical (unpaired) electrons.